The van der Waals surface area contributed by atoms with Gasteiger partial charge in [-0.25, -0.2) is 0 Å². The summed E-state index contributed by atoms with van der Waals surface area (Å²) in [6.45, 7) is 4.87. The number of nitrogens with one attached hydrogen (secondary N) is 1. The van der Waals surface area contributed by atoms with Crippen LogP contribution in [0.5, 0.6) is 17.2 Å². The Morgan fingerprint density at radius 2 is 1.77 bits per heavy atom. The van der Waals surface area contributed by atoms with Crippen LogP contribution in [0.1, 0.15) is 25.8 Å². The van der Waals surface area contributed by atoms with E-state index in [0.717, 1.165) is 5.56 Å². The first kappa shape index (κ1) is 18.1. The van der Waals surface area contributed by atoms with E-state index in [9.17, 15) is 15.0 Å². The van der Waals surface area contributed by atoms with Crippen LogP contribution in [0.4, 0.5) is 0 Å². The zero-order valence-corrected chi connectivity index (χ0v) is 13.5. The lowest BCUT2D eigenvalue weighted by Crippen LogP contribution is -2.29. The molecule has 0 saturated heterocycles. The molecule has 1 aromatic carbocycles. The Morgan fingerprint density at radius 1 is 1.23 bits per heavy atom. The lowest BCUT2D eigenvalue weighted by molar-refractivity contribution is -0.142. The maximum absolute atomic E-state index is 11.2. The summed E-state index contributed by atoms with van der Waals surface area (Å²) in [5, 5.41) is 22.2. The van der Waals surface area contributed by atoms with Crippen molar-refractivity contribution in [3.63, 3.8) is 0 Å². The summed E-state index contributed by atoms with van der Waals surface area (Å²) in [6.07, 6.45) is 0.630. The Hall–Kier alpha value is -1.95. The van der Waals surface area contributed by atoms with Gasteiger partial charge in [-0.3, -0.25) is 4.79 Å². The van der Waals surface area contributed by atoms with Crippen molar-refractivity contribution in [1.29, 1.82) is 0 Å². The molecule has 0 amide bonds. The number of ether oxygens (including phenoxy) is 2. The largest absolute Gasteiger partial charge is 0.502 e. The van der Waals surface area contributed by atoms with Crippen molar-refractivity contribution >= 4 is 5.97 Å². The molecule has 124 valence electrons. The van der Waals surface area contributed by atoms with Crippen LogP contribution in [0.3, 0.4) is 0 Å². The molecule has 0 aliphatic carbocycles. The lowest BCUT2D eigenvalue weighted by Gasteiger charge is -2.16. The second-order valence-corrected chi connectivity index (χ2v) is 5.64. The Bertz CT molecular complexity index is 476. The molecule has 0 heterocycles. The minimum atomic E-state index is -0.790. The van der Waals surface area contributed by atoms with E-state index < -0.39 is 11.9 Å². The summed E-state index contributed by atoms with van der Waals surface area (Å²) in [5.41, 5.74) is 0.847. The number of hydrogen-bond donors (Lipinski definition) is 3. The van der Waals surface area contributed by atoms with Gasteiger partial charge < -0.3 is 25.0 Å². The minimum Gasteiger partial charge on any atom is -0.502 e. The average Bonchev–Trinajstić information content (AvgIpc) is 2.46. The molecular weight excluding hydrogens is 286 g/mol. The highest BCUT2D eigenvalue weighted by atomic mass is 16.5. The lowest BCUT2D eigenvalue weighted by atomic mass is 9.97. The Kier molecular flexibility index (Phi) is 6.98. The number of aliphatic carboxylic acids is 1. The highest BCUT2D eigenvalue weighted by Gasteiger charge is 2.18. The van der Waals surface area contributed by atoms with Crippen LogP contribution in [-0.4, -0.2) is 36.9 Å². The summed E-state index contributed by atoms with van der Waals surface area (Å²) in [4.78, 5) is 11.2. The number of hydrogen-bond acceptors (Lipinski definition) is 5. The number of methoxy groups -OCH3 is 2. The second-order valence-electron chi connectivity index (χ2n) is 5.64. The van der Waals surface area contributed by atoms with Crippen molar-refractivity contribution < 1.29 is 24.5 Å². The topological polar surface area (TPSA) is 88.0 Å². The highest BCUT2D eigenvalue weighted by Crippen LogP contribution is 2.37. The fraction of sp³-hybridized carbons (Fsp3) is 0.562. The van der Waals surface area contributed by atoms with Gasteiger partial charge in [-0.05, 0) is 30.0 Å². The first-order valence-corrected chi connectivity index (χ1v) is 7.26. The predicted octanol–water partition coefficient (Wildman–Crippen LogP) is 2.25. The zero-order valence-electron chi connectivity index (χ0n) is 13.5. The third-order valence-corrected chi connectivity index (χ3v) is 3.36. The molecule has 0 radical (unpaired) electrons. The SMILES string of the molecule is COc1cc(CNCC(CC(C)C)C(=O)O)cc(OC)c1O. The molecular formula is C16H25NO5. The molecule has 22 heavy (non-hydrogen) atoms. The third kappa shape index (κ3) is 5.11. The number of rotatable bonds is 9. The Balaban J connectivity index is 2.69. The van der Waals surface area contributed by atoms with Crippen molar-refractivity contribution in [2.75, 3.05) is 20.8 Å². The van der Waals surface area contributed by atoms with E-state index in [-0.39, 0.29) is 5.75 Å². The van der Waals surface area contributed by atoms with Crippen LogP contribution in [0.2, 0.25) is 0 Å². The molecule has 0 bridgehead atoms. The van der Waals surface area contributed by atoms with E-state index in [4.69, 9.17) is 9.47 Å². The molecule has 1 aromatic rings. The number of carboxylic acids is 1. The monoisotopic (exact) mass is 311 g/mol. The number of aromatic hydroxyl groups is 1. The van der Waals surface area contributed by atoms with Crippen LogP contribution in [0, 0.1) is 11.8 Å². The van der Waals surface area contributed by atoms with Gasteiger partial charge in [0.05, 0.1) is 20.1 Å². The van der Waals surface area contributed by atoms with E-state index in [1.807, 2.05) is 13.8 Å². The second kappa shape index (κ2) is 8.48. The van der Waals surface area contributed by atoms with Gasteiger partial charge in [0.25, 0.3) is 0 Å². The van der Waals surface area contributed by atoms with Gasteiger partial charge in [-0.2, -0.15) is 0 Å². The van der Waals surface area contributed by atoms with Gasteiger partial charge in [-0.1, -0.05) is 13.8 Å². The average molecular weight is 311 g/mol. The molecule has 6 nitrogen and oxygen atoms in total. The van der Waals surface area contributed by atoms with E-state index in [1.54, 1.807) is 12.1 Å². The van der Waals surface area contributed by atoms with Crippen LogP contribution in [0.25, 0.3) is 0 Å². The summed E-state index contributed by atoms with van der Waals surface area (Å²) >= 11 is 0. The molecule has 1 unspecified atom stereocenters. The Labute approximate surface area is 131 Å². The molecule has 0 aliphatic rings. The van der Waals surface area contributed by atoms with E-state index in [1.165, 1.54) is 14.2 Å². The minimum absolute atomic E-state index is 0.0445. The summed E-state index contributed by atoms with van der Waals surface area (Å²) < 4.78 is 10.2. The fourth-order valence-electron chi connectivity index (χ4n) is 2.28. The van der Waals surface area contributed by atoms with Gasteiger partial charge in [0.1, 0.15) is 0 Å². The van der Waals surface area contributed by atoms with Gasteiger partial charge in [0.15, 0.2) is 11.5 Å². The predicted molar refractivity (Wildman–Crippen MR) is 83.5 cm³/mol. The molecule has 1 atom stereocenters. The number of carbonyl (C=O) groups is 1. The number of benzene rings is 1. The van der Waals surface area contributed by atoms with Crippen molar-refractivity contribution in [3.05, 3.63) is 17.7 Å². The highest BCUT2D eigenvalue weighted by molar-refractivity contribution is 5.70. The number of phenols is 1. The molecule has 0 saturated carbocycles. The zero-order chi connectivity index (χ0) is 16.7. The van der Waals surface area contributed by atoms with Crippen molar-refractivity contribution in [2.24, 2.45) is 11.8 Å². The van der Waals surface area contributed by atoms with E-state index >= 15 is 0 Å². The molecule has 0 aliphatic heterocycles. The summed E-state index contributed by atoms with van der Waals surface area (Å²) in [5.74, 6) is -0.266. The van der Waals surface area contributed by atoms with Gasteiger partial charge >= 0.3 is 5.97 Å². The third-order valence-electron chi connectivity index (χ3n) is 3.36. The molecule has 0 fully saturated rings. The number of phenolic OH excluding ortho intramolecular Hbond substituents is 1. The maximum Gasteiger partial charge on any atom is 0.307 e. The van der Waals surface area contributed by atoms with Crippen LogP contribution in [-0.2, 0) is 11.3 Å². The quantitative estimate of drug-likeness (QED) is 0.648. The molecule has 1 rings (SSSR count). The maximum atomic E-state index is 11.2. The van der Waals surface area contributed by atoms with Gasteiger partial charge in [-0.15, -0.1) is 0 Å². The first-order chi connectivity index (χ1) is 10.4. The molecule has 3 N–H and O–H groups in total. The van der Waals surface area contributed by atoms with Crippen LogP contribution in [0.15, 0.2) is 12.1 Å². The fourth-order valence-corrected chi connectivity index (χ4v) is 2.28. The molecule has 0 aromatic heterocycles. The molecule has 6 heteroatoms. The standard InChI is InChI=1S/C16H25NO5/c1-10(2)5-12(16(19)20)9-17-8-11-6-13(21-3)15(18)14(7-11)22-4/h6-7,10,12,17-18H,5,8-9H2,1-4H3,(H,19,20). The van der Waals surface area contributed by atoms with Gasteiger partial charge in [0, 0.05) is 13.1 Å². The van der Waals surface area contributed by atoms with Crippen molar-refractivity contribution in [3.8, 4) is 17.2 Å². The van der Waals surface area contributed by atoms with Crippen molar-refractivity contribution in [2.45, 2.75) is 26.8 Å². The summed E-state index contributed by atoms with van der Waals surface area (Å²) in [6, 6.07) is 3.39. The van der Waals surface area contributed by atoms with Crippen LogP contribution >= 0.6 is 0 Å². The van der Waals surface area contributed by atoms with Gasteiger partial charge in [0.2, 0.25) is 5.75 Å². The summed E-state index contributed by atoms with van der Waals surface area (Å²) in [7, 11) is 2.93. The number of carboxylic acid groups (broad SMARTS) is 1. The van der Waals surface area contributed by atoms with Crippen LogP contribution < -0.4 is 14.8 Å². The van der Waals surface area contributed by atoms with E-state index in [0.29, 0.717) is 36.9 Å². The van der Waals surface area contributed by atoms with E-state index in [2.05, 4.69) is 5.32 Å². The van der Waals surface area contributed by atoms with Crippen molar-refractivity contribution in [1.82, 2.24) is 5.32 Å². The smallest absolute Gasteiger partial charge is 0.307 e. The normalized spacial score (nSPS) is 12.2. The Morgan fingerprint density at radius 3 is 2.18 bits per heavy atom. The molecule has 0 spiro atoms. The first-order valence-electron chi connectivity index (χ1n) is 7.26.